The van der Waals surface area contributed by atoms with E-state index in [2.05, 4.69) is 45.8 Å². The van der Waals surface area contributed by atoms with E-state index >= 15 is 0 Å². The second-order valence-corrected chi connectivity index (χ2v) is 11.8. The monoisotopic (exact) mass is 475 g/mol. The zero-order chi connectivity index (χ0) is 24.1. The van der Waals surface area contributed by atoms with Crippen molar-refractivity contribution in [1.29, 1.82) is 0 Å². The maximum absolute atomic E-state index is 12.5. The van der Waals surface area contributed by atoms with E-state index in [9.17, 15) is 9.90 Å². The molecule has 4 unspecified atom stereocenters. The maximum atomic E-state index is 12.5. The van der Waals surface area contributed by atoms with Gasteiger partial charge < -0.3 is 25.0 Å². The van der Waals surface area contributed by atoms with E-state index in [1.807, 2.05) is 13.2 Å². The van der Waals surface area contributed by atoms with E-state index in [-0.39, 0.29) is 11.6 Å². The molecule has 8 rings (SSSR count). The molecule has 2 aliphatic heterocycles. The SMILES string of the molecule is C=C1N(C)c2cnc(NC3=CC4CCOC4C=C3C)nc2N1C12CC3CC(CC(C(=O)O)(C3)C1)C2. The summed E-state index contributed by atoms with van der Waals surface area (Å²) in [7, 11) is 2.00. The molecule has 4 bridgehead atoms. The molecule has 2 N–H and O–H groups in total. The zero-order valence-corrected chi connectivity index (χ0v) is 20.5. The van der Waals surface area contributed by atoms with Crippen LogP contribution in [0.15, 0.2) is 42.0 Å². The molecule has 0 aromatic carbocycles. The number of allylic oxidation sites excluding steroid dienone is 1. The summed E-state index contributed by atoms with van der Waals surface area (Å²) in [4.78, 5) is 26.5. The lowest BCUT2D eigenvalue weighted by Gasteiger charge is -2.63. The van der Waals surface area contributed by atoms with Crippen LogP contribution in [0.25, 0.3) is 0 Å². The third-order valence-electron chi connectivity index (χ3n) is 9.58. The Hall–Kier alpha value is -2.87. The summed E-state index contributed by atoms with van der Waals surface area (Å²) in [5.41, 5.74) is 2.23. The average Bonchev–Trinajstić information content (AvgIpc) is 3.34. The number of hydrogen-bond acceptors (Lipinski definition) is 7. The maximum Gasteiger partial charge on any atom is 0.309 e. The van der Waals surface area contributed by atoms with Crippen molar-refractivity contribution in [1.82, 2.24) is 9.97 Å². The van der Waals surface area contributed by atoms with E-state index in [1.54, 1.807) is 0 Å². The first kappa shape index (κ1) is 21.4. The van der Waals surface area contributed by atoms with Crippen LogP contribution in [0.3, 0.4) is 0 Å². The van der Waals surface area contributed by atoms with Crippen molar-refractivity contribution in [3.63, 3.8) is 0 Å². The van der Waals surface area contributed by atoms with Gasteiger partial charge in [-0.25, -0.2) is 4.98 Å². The number of anilines is 3. The number of nitrogens with zero attached hydrogens (tertiary/aromatic N) is 4. The lowest BCUT2D eigenvalue weighted by molar-refractivity contribution is -0.166. The molecule has 8 nitrogen and oxygen atoms in total. The highest BCUT2D eigenvalue weighted by Gasteiger charge is 2.64. The van der Waals surface area contributed by atoms with Crippen molar-refractivity contribution in [2.75, 3.05) is 28.8 Å². The quantitative estimate of drug-likeness (QED) is 0.667. The first-order chi connectivity index (χ1) is 16.8. The number of aliphatic carboxylic acids is 1. The van der Waals surface area contributed by atoms with Gasteiger partial charge in [0.15, 0.2) is 5.82 Å². The minimum Gasteiger partial charge on any atom is -0.481 e. The van der Waals surface area contributed by atoms with E-state index in [4.69, 9.17) is 9.72 Å². The van der Waals surface area contributed by atoms with E-state index in [0.717, 1.165) is 73.7 Å². The molecule has 8 heteroatoms. The van der Waals surface area contributed by atoms with Gasteiger partial charge in [0, 0.05) is 30.8 Å². The largest absolute Gasteiger partial charge is 0.481 e. The average molecular weight is 476 g/mol. The molecule has 0 amide bonds. The lowest BCUT2D eigenvalue weighted by Crippen LogP contribution is -2.64. The number of carbonyl (C=O) groups is 1. The van der Waals surface area contributed by atoms with Gasteiger partial charge in [-0.3, -0.25) is 4.79 Å². The van der Waals surface area contributed by atoms with Crippen LogP contribution < -0.4 is 15.1 Å². The standard InChI is InChI=1S/C27H33N5O3/c1-15-6-22-19(4-5-35-22)8-20(15)29-25-28-13-21-23(30-25)32(16(2)31(21)3)27-11-17-7-18(12-27)10-26(9-17,14-27)24(33)34/h6,8,13,17-19,22H,2,4-5,7,9-12,14H2,1,3H3,(H,33,34)(H,28,29,30). The molecule has 3 heterocycles. The number of aromatic nitrogens is 2. The number of rotatable bonds is 4. The highest BCUT2D eigenvalue weighted by Crippen LogP contribution is 2.65. The Labute approximate surface area is 205 Å². The van der Waals surface area contributed by atoms with Crippen molar-refractivity contribution >= 4 is 23.4 Å². The molecule has 1 saturated heterocycles. The summed E-state index contributed by atoms with van der Waals surface area (Å²) >= 11 is 0. The molecule has 0 radical (unpaired) electrons. The molecule has 184 valence electrons. The van der Waals surface area contributed by atoms with Crippen LogP contribution in [0.5, 0.6) is 0 Å². The predicted octanol–water partition coefficient (Wildman–Crippen LogP) is 4.29. The highest BCUT2D eigenvalue weighted by molar-refractivity contribution is 5.82. The first-order valence-corrected chi connectivity index (χ1v) is 12.9. The summed E-state index contributed by atoms with van der Waals surface area (Å²) in [5, 5.41) is 13.7. The summed E-state index contributed by atoms with van der Waals surface area (Å²) in [6, 6.07) is 0. The number of hydrogen-bond donors (Lipinski definition) is 2. The Kier molecular flexibility index (Phi) is 4.34. The van der Waals surface area contributed by atoms with Gasteiger partial charge in [-0.2, -0.15) is 4.98 Å². The Morgan fingerprint density at radius 1 is 1.26 bits per heavy atom. The second-order valence-electron chi connectivity index (χ2n) is 11.8. The van der Waals surface area contributed by atoms with Crippen LogP contribution >= 0.6 is 0 Å². The summed E-state index contributed by atoms with van der Waals surface area (Å²) in [6.07, 6.45) is 13.0. The molecule has 7 aliphatic rings. The third-order valence-corrected chi connectivity index (χ3v) is 9.58. The molecule has 4 saturated carbocycles. The fourth-order valence-electron chi connectivity index (χ4n) is 8.38. The highest BCUT2D eigenvalue weighted by atomic mass is 16.5. The molecule has 35 heavy (non-hydrogen) atoms. The topological polar surface area (TPSA) is 90.8 Å². The van der Waals surface area contributed by atoms with Crippen molar-refractivity contribution in [3.8, 4) is 0 Å². The molecular weight excluding hydrogens is 442 g/mol. The number of ether oxygens (including phenoxy) is 1. The molecular formula is C27H33N5O3. The van der Waals surface area contributed by atoms with Crippen molar-refractivity contribution in [2.24, 2.45) is 23.2 Å². The van der Waals surface area contributed by atoms with Crippen molar-refractivity contribution < 1.29 is 14.6 Å². The van der Waals surface area contributed by atoms with E-state index in [0.29, 0.717) is 30.1 Å². The van der Waals surface area contributed by atoms with Gasteiger partial charge in [0.2, 0.25) is 5.95 Å². The Balaban J connectivity index is 1.25. The number of carboxylic acids is 1. The van der Waals surface area contributed by atoms with Crippen LogP contribution in [0.2, 0.25) is 0 Å². The smallest absolute Gasteiger partial charge is 0.309 e. The molecule has 0 spiro atoms. The van der Waals surface area contributed by atoms with Crippen LogP contribution in [0.1, 0.15) is 51.9 Å². The fraction of sp³-hybridized carbons (Fsp3) is 0.593. The Bertz CT molecular complexity index is 1190. The Morgan fingerprint density at radius 2 is 2.03 bits per heavy atom. The molecule has 1 aromatic rings. The van der Waals surface area contributed by atoms with Crippen LogP contribution in [0.4, 0.5) is 17.5 Å². The molecule has 1 aromatic heterocycles. The molecule has 4 atom stereocenters. The van der Waals surface area contributed by atoms with Crippen LogP contribution in [-0.4, -0.2) is 46.3 Å². The van der Waals surface area contributed by atoms with E-state index in [1.165, 1.54) is 0 Å². The lowest BCUT2D eigenvalue weighted by atomic mass is 9.46. The molecule has 5 fully saturated rings. The normalized spacial score (nSPS) is 38.9. The van der Waals surface area contributed by atoms with Crippen molar-refractivity contribution in [3.05, 3.63) is 42.0 Å². The van der Waals surface area contributed by atoms with Crippen LogP contribution in [-0.2, 0) is 9.53 Å². The first-order valence-electron chi connectivity index (χ1n) is 12.9. The summed E-state index contributed by atoms with van der Waals surface area (Å²) < 4.78 is 5.82. The van der Waals surface area contributed by atoms with Crippen molar-refractivity contribution in [2.45, 2.75) is 63.5 Å². The second kappa shape index (κ2) is 7.09. The van der Waals surface area contributed by atoms with Gasteiger partial charge in [-0.1, -0.05) is 18.7 Å². The van der Waals surface area contributed by atoms with Gasteiger partial charge in [0.1, 0.15) is 11.5 Å². The minimum absolute atomic E-state index is 0.173. The number of fused-ring (bicyclic) bond motifs is 2. The van der Waals surface area contributed by atoms with E-state index < -0.39 is 11.4 Å². The fourth-order valence-corrected chi connectivity index (χ4v) is 8.38. The van der Waals surface area contributed by atoms with Gasteiger partial charge in [-0.05, 0) is 69.3 Å². The van der Waals surface area contributed by atoms with Gasteiger partial charge >= 0.3 is 5.97 Å². The number of nitrogens with one attached hydrogen (secondary N) is 1. The predicted molar refractivity (Wildman–Crippen MR) is 133 cm³/mol. The molecule has 5 aliphatic carbocycles. The summed E-state index contributed by atoms with van der Waals surface area (Å²) in [5.74, 6) is 2.94. The third kappa shape index (κ3) is 2.98. The zero-order valence-electron chi connectivity index (χ0n) is 20.5. The summed E-state index contributed by atoms with van der Waals surface area (Å²) in [6.45, 7) is 7.32. The number of carboxylic acid groups (broad SMARTS) is 1. The van der Waals surface area contributed by atoms with Gasteiger partial charge in [0.25, 0.3) is 0 Å². The Morgan fingerprint density at radius 3 is 2.77 bits per heavy atom. The minimum atomic E-state index is -0.625. The van der Waals surface area contributed by atoms with Gasteiger partial charge in [-0.15, -0.1) is 0 Å². The van der Waals surface area contributed by atoms with Gasteiger partial charge in [0.05, 0.1) is 17.7 Å². The van der Waals surface area contributed by atoms with Crippen LogP contribution in [0, 0.1) is 23.2 Å².